The first kappa shape index (κ1) is 29.7. The second kappa shape index (κ2) is 10.9. The number of benzene rings is 2. The molecule has 0 radical (unpaired) electrons. The highest BCUT2D eigenvalue weighted by atomic mass is 32.2. The van der Waals surface area contributed by atoms with Crippen molar-refractivity contribution in [3.63, 3.8) is 0 Å². The average Bonchev–Trinajstić information content (AvgIpc) is 3.38. The number of hydrogen-bond donors (Lipinski definition) is 1. The van der Waals surface area contributed by atoms with Crippen LogP contribution in [0.3, 0.4) is 0 Å². The normalized spacial score (nSPS) is 17.5. The summed E-state index contributed by atoms with van der Waals surface area (Å²) in [5.41, 5.74) is 7.22. The Kier molecular flexibility index (Phi) is 8.12. The number of aromatic nitrogens is 2. The monoisotopic (exact) mass is 590 g/mol. The van der Waals surface area contributed by atoms with Crippen molar-refractivity contribution in [2.45, 2.75) is 68.9 Å². The Morgan fingerprint density at radius 2 is 1.77 bits per heavy atom. The van der Waals surface area contributed by atoms with Crippen LogP contribution in [-0.4, -0.2) is 57.1 Å². The summed E-state index contributed by atoms with van der Waals surface area (Å²) in [5.74, 6) is -0.523. The molecule has 4 rings (SSSR count). The van der Waals surface area contributed by atoms with E-state index in [2.05, 4.69) is 24.0 Å². The number of nitrogens with two attached hydrogens (primary N) is 1. The van der Waals surface area contributed by atoms with Crippen LogP contribution in [0.1, 0.15) is 52.0 Å². The number of amides is 1. The van der Waals surface area contributed by atoms with Crippen molar-refractivity contribution < 1.29 is 30.8 Å². The number of carbonyl (C=O) groups excluding carboxylic acids is 1. The van der Waals surface area contributed by atoms with Gasteiger partial charge in [0.2, 0.25) is 17.7 Å². The van der Waals surface area contributed by atoms with Crippen molar-refractivity contribution in [1.82, 2.24) is 10.2 Å². The van der Waals surface area contributed by atoms with E-state index in [1.165, 1.54) is 36.9 Å². The summed E-state index contributed by atoms with van der Waals surface area (Å²) in [4.78, 5) is 14.7. The van der Waals surface area contributed by atoms with Crippen LogP contribution in [0.5, 0.6) is 5.75 Å². The van der Waals surface area contributed by atoms with Crippen molar-refractivity contribution in [2.24, 2.45) is 5.73 Å². The molecule has 0 fully saturated rings. The molecule has 2 N–H and O–H groups in total. The molecule has 1 amide bonds. The molecule has 0 saturated heterocycles. The van der Waals surface area contributed by atoms with Gasteiger partial charge in [0, 0.05) is 11.8 Å². The fourth-order valence-corrected chi connectivity index (χ4v) is 6.21. The van der Waals surface area contributed by atoms with Gasteiger partial charge in [0.15, 0.2) is 19.7 Å². The quantitative estimate of drug-likeness (QED) is 0.391. The Morgan fingerprint density at radius 1 is 1.12 bits per heavy atom. The lowest BCUT2D eigenvalue weighted by Crippen LogP contribution is -2.45. The van der Waals surface area contributed by atoms with Gasteiger partial charge >= 0.3 is 0 Å². The van der Waals surface area contributed by atoms with Gasteiger partial charge in [-0.25, -0.2) is 16.8 Å². The second-order valence-corrected chi connectivity index (χ2v) is 15.0. The van der Waals surface area contributed by atoms with Gasteiger partial charge in [0.1, 0.15) is 10.5 Å². The fourth-order valence-electron chi connectivity index (χ4n) is 4.25. The molecule has 1 aromatic heterocycles. The second-order valence-electron chi connectivity index (χ2n) is 10.4. The molecule has 1 aliphatic rings. The first-order valence-corrected chi connectivity index (χ1v) is 16.5. The highest BCUT2D eigenvalue weighted by Gasteiger charge is 2.39. The van der Waals surface area contributed by atoms with Gasteiger partial charge < -0.3 is 19.8 Å². The van der Waals surface area contributed by atoms with Crippen LogP contribution >= 0.6 is 0 Å². The SMILES string of the molecule is CCC(CC)Oc1ccc(CN2C(=O)[C@@H](N)CS(=O)(=O)c3ccc(-c4nnc(C(C)(C)S(C)(=O)=O)o4)cc32)cc1. The lowest BCUT2D eigenvalue weighted by atomic mass is 10.1. The summed E-state index contributed by atoms with van der Waals surface area (Å²) in [5, 5.41) is 7.91. The molecule has 1 atom stereocenters. The zero-order valence-corrected chi connectivity index (χ0v) is 24.8. The minimum atomic E-state index is -3.90. The molecular weight excluding hydrogens is 556 g/mol. The lowest BCUT2D eigenvalue weighted by Gasteiger charge is -2.24. The van der Waals surface area contributed by atoms with Gasteiger partial charge in [-0.2, -0.15) is 0 Å². The molecule has 0 aliphatic carbocycles. The summed E-state index contributed by atoms with van der Waals surface area (Å²) >= 11 is 0. The largest absolute Gasteiger partial charge is 0.490 e. The maximum atomic E-state index is 13.4. The molecule has 0 bridgehead atoms. The molecule has 1 aliphatic heterocycles. The van der Waals surface area contributed by atoms with Crippen molar-refractivity contribution in [3.8, 4) is 17.2 Å². The molecular formula is C27H34N4O7S2. The van der Waals surface area contributed by atoms with E-state index in [9.17, 15) is 21.6 Å². The van der Waals surface area contributed by atoms with Gasteiger partial charge in [-0.15, -0.1) is 10.2 Å². The lowest BCUT2D eigenvalue weighted by molar-refractivity contribution is -0.119. The molecule has 2 heterocycles. The van der Waals surface area contributed by atoms with Crippen LogP contribution in [0, 0.1) is 0 Å². The van der Waals surface area contributed by atoms with Crippen LogP contribution in [0.2, 0.25) is 0 Å². The Balaban J connectivity index is 1.74. The number of carbonyl (C=O) groups is 1. The highest BCUT2D eigenvalue weighted by Crippen LogP contribution is 2.36. The first-order valence-electron chi connectivity index (χ1n) is 12.9. The van der Waals surface area contributed by atoms with Crippen LogP contribution in [-0.2, 0) is 35.8 Å². The van der Waals surface area contributed by atoms with Gasteiger partial charge in [-0.1, -0.05) is 26.0 Å². The molecule has 0 unspecified atom stereocenters. The molecule has 40 heavy (non-hydrogen) atoms. The number of fused-ring (bicyclic) bond motifs is 1. The smallest absolute Gasteiger partial charge is 0.247 e. The number of ether oxygens (including phenoxy) is 1. The summed E-state index contributed by atoms with van der Waals surface area (Å²) in [6.07, 6.45) is 2.92. The molecule has 0 spiro atoms. The topological polar surface area (TPSA) is 163 Å². The third-order valence-electron chi connectivity index (χ3n) is 7.16. The Labute approximate surface area is 234 Å². The Hall–Kier alpha value is -3.29. The molecule has 2 aromatic carbocycles. The molecule has 0 saturated carbocycles. The summed E-state index contributed by atoms with van der Waals surface area (Å²) in [6.45, 7) is 7.06. The zero-order chi connectivity index (χ0) is 29.5. The fraction of sp³-hybridized carbons (Fsp3) is 0.444. The van der Waals surface area contributed by atoms with Gasteiger partial charge in [-0.3, -0.25) is 4.79 Å². The van der Waals surface area contributed by atoms with Crippen molar-refractivity contribution in [3.05, 3.63) is 53.9 Å². The van der Waals surface area contributed by atoms with Crippen molar-refractivity contribution in [1.29, 1.82) is 0 Å². The van der Waals surface area contributed by atoms with E-state index >= 15 is 0 Å². The molecule has 11 nitrogen and oxygen atoms in total. The van der Waals surface area contributed by atoms with E-state index < -0.39 is 42.1 Å². The van der Waals surface area contributed by atoms with Crippen molar-refractivity contribution >= 4 is 31.3 Å². The summed E-state index contributed by atoms with van der Waals surface area (Å²) in [6, 6.07) is 10.3. The predicted octanol–water partition coefficient (Wildman–Crippen LogP) is 3.23. The summed E-state index contributed by atoms with van der Waals surface area (Å²) in [7, 11) is -7.48. The van der Waals surface area contributed by atoms with Crippen LogP contribution in [0.15, 0.2) is 51.8 Å². The van der Waals surface area contributed by atoms with E-state index in [4.69, 9.17) is 14.9 Å². The number of anilines is 1. The number of nitrogens with zero attached hydrogens (tertiary/aromatic N) is 3. The number of rotatable bonds is 9. The van der Waals surface area contributed by atoms with E-state index in [0.29, 0.717) is 11.3 Å². The van der Waals surface area contributed by atoms with Gasteiger partial charge in [-0.05, 0) is 62.6 Å². The zero-order valence-electron chi connectivity index (χ0n) is 23.1. The average molecular weight is 591 g/mol. The van der Waals surface area contributed by atoms with E-state index in [1.807, 2.05) is 24.3 Å². The minimum absolute atomic E-state index is 0.0178. The van der Waals surface area contributed by atoms with Crippen LogP contribution < -0.4 is 15.4 Å². The van der Waals surface area contributed by atoms with Gasteiger partial charge in [0.05, 0.1) is 35.0 Å². The molecule has 3 aromatic rings. The Bertz CT molecular complexity index is 1610. The first-order chi connectivity index (χ1) is 18.7. The summed E-state index contributed by atoms with van der Waals surface area (Å²) < 4.78 is 61.0. The maximum Gasteiger partial charge on any atom is 0.247 e. The molecule has 216 valence electrons. The number of hydrogen-bond acceptors (Lipinski definition) is 10. The standard InChI is InChI=1S/C27H34N4O7S2/c1-6-19(7-2)37-20-11-8-17(9-12-20)15-31-22-14-18(10-13-23(22)40(35,36)16-21(28)25(31)32)24-29-30-26(38-24)27(3,4)39(5,33)34/h8-14,19,21H,6-7,15-16,28H2,1-5H3/t21-/m0/s1. The molecule has 13 heteroatoms. The van der Waals surface area contributed by atoms with E-state index in [1.54, 1.807) is 0 Å². The van der Waals surface area contributed by atoms with E-state index in [-0.39, 0.29) is 35.0 Å². The Morgan fingerprint density at radius 3 is 2.38 bits per heavy atom. The third kappa shape index (κ3) is 5.77. The van der Waals surface area contributed by atoms with Crippen LogP contribution in [0.4, 0.5) is 5.69 Å². The minimum Gasteiger partial charge on any atom is -0.490 e. The number of sulfone groups is 2. The predicted molar refractivity (Wildman–Crippen MR) is 150 cm³/mol. The van der Waals surface area contributed by atoms with Crippen LogP contribution in [0.25, 0.3) is 11.5 Å². The highest BCUT2D eigenvalue weighted by molar-refractivity contribution is 7.92. The maximum absolute atomic E-state index is 13.4. The van der Waals surface area contributed by atoms with Crippen molar-refractivity contribution in [2.75, 3.05) is 16.9 Å². The van der Waals surface area contributed by atoms with E-state index in [0.717, 1.165) is 24.7 Å². The third-order valence-corrected chi connectivity index (χ3v) is 11.0. The van der Waals surface area contributed by atoms with Gasteiger partial charge in [0.25, 0.3) is 0 Å².